The minimum absolute atomic E-state index is 0.00186. The first-order valence-electron chi connectivity index (χ1n) is 10.3. The maximum absolute atomic E-state index is 13.2. The molecule has 3 aliphatic rings. The van der Waals surface area contributed by atoms with Gasteiger partial charge in [0.25, 0.3) is 5.91 Å². The van der Waals surface area contributed by atoms with Crippen molar-refractivity contribution in [2.24, 2.45) is 5.92 Å². The van der Waals surface area contributed by atoms with Crippen LogP contribution in [0.1, 0.15) is 60.5 Å². The minimum Gasteiger partial charge on any atom is -0.351 e. The van der Waals surface area contributed by atoms with E-state index >= 15 is 0 Å². The highest BCUT2D eigenvalue weighted by Crippen LogP contribution is 2.42. The molecule has 3 atom stereocenters. The largest absolute Gasteiger partial charge is 0.393 e. The summed E-state index contributed by atoms with van der Waals surface area (Å²) in [6, 6.07) is 5.09. The van der Waals surface area contributed by atoms with E-state index in [9.17, 15) is 27.6 Å². The molecule has 2 aliphatic carbocycles. The summed E-state index contributed by atoms with van der Waals surface area (Å²) in [6.45, 7) is -0.425. The third kappa shape index (κ3) is 4.02. The van der Waals surface area contributed by atoms with Crippen molar-refractivity contribution in [3.8, 4) is 0 Å². The van der Waals surface area contributed by atoms with Gasteiger partial charge in [-0.2, -0.15) is 13.2 Å². The fourth-order valence-electron chi connectivity index (χ4n) is 4.55. The Labute approximate surface area is 172 Å². The average molecular weight is 423 g/mol. The van der Waals surface area contributed by atoms with E-state index < -0.39 is 42.5 Å². The number of hydrogen-bond acceptors (Lipinski definition) is 3. The van der Waals surface area contributed by atoms with Crippen LogP contribution in [0.5, 0.6) is 0 Å². The zero-order valence-corrected chi connectivity index (χ0v) is 16.4. The first-order valence-corrected chi connectivity index (χ1v) is 10.3. The second-order valence-electron chi connectivity index (χ2n) is 8.26. The van der Waals surface area contributed by atoms with E-state index in [0.717, 1.165) is 12.8 Å². The fraction of sp³-hybridized carbons (Fsp3) is 0.571. The molecule has 1 aliphatic heterocycles. The van der Waals surface area contributed by atoms with Gasteiger partial charge in [0, 0.05) is 17.6 Å². The maximum Gasteiger partial charge on any atom is 0.393 e. The summed E-state index contributed by atoms with van der Waals surface area (Å²) in [7, 11) is 0. The first kappa shape index (κ1) is 20.7. The molecule has 1 heterocycles. The lowest BCUT2D eigenvalue weighted by atomic mass is 9.84. The van der Waals surface area contributed by atoms with E-state index in [-0.39, 0.29) is 24.8 Å². The van der Waals surface area contributed by atoms with Crippen molar-refractivity contribution in [3.63, 3.8) is 0 Å². The number of carbonyl (C=O) groups is 3. The lowest BCUT2D eigenvalue weighted by Gasteiger charge is -2.33. The molecule has 162 valence electrons. The Morgan fingerprint density at radius 1 is 1.07 bits per heavy atom. The number of nitrogens with one attached hydrogen (secondary N) is 2. The van der Waals surface area contributed by atoms with Crippen molar-refractivity contribution in [3.05, 3.63) is 35.4 Å². The fourth-order valence-corrected chi connectivity index (χ4v) is 4.55. The van der Waals surface area contributed by atoms with Crippen molar-refractivity contribution in [1.82, 2.24) is 15.5 Å². The molecule has 2 fully saturated rings. The molecule has 0 aromatic heterocycles. The Hall–Kier alpha value is -2.58. The van der Waals surface area contributed by atoms with Gasteiger partial charge in [-0.15, -0.1) is 0 Å². The quantitative estimate of drug-likeness (QED) is 0.765. The monoisotopic (exact) mass is 423 g/mol. The number of halogens is 3. The molecule has 6 nitrogen and oxygen atoms in total. The van der Waals surface area contributed by atoms with Crippen LogP contribution in [0.25, 0.3) is 0 Å². The molecular weight excluding hydrogens is 399 g/mol. The summed E-state index contributed by atoms with van der Waals surface area (Å²) in [5.41, 5.74) is 1.07. The van der Waals surface area contributed by atoms with Crippen LogP contribution in [-0.4, -0.2) is 47.4 Å². The Morgan fingerprint density at radius 2 is 1.77 bits per heavy atom. The summed E-state index contributed by atoms with van der Waals surface area (Å²) >= 11 is 0. The summed E-state index contributed by atoms with van der Waals surface area (Å²) in [4.78, 5) is 39.4. The van der Waals surface area contributed by atoms with E-state index in [1.165, 1.54) is 0 Å². The molecule has 4 rings (SSSR count). The van der Waals surface area contributed by atoms with Crippen molar-refractivity contribution in [1.29, 1.82) is 0 Å². The minimum atomic E-state index is -4.36. The lowest BCUT2D eigenvalue weighted by molar-refractivity contribution is -0.189. The average Bonchev–Trinajstić information content (AvgIpc) is 3.50. The van der Waals surface area contributed by atoms with Crippen LogP contribution >= 0.6 is 0 Å². The Kier molecular flexibility index (Phi) is 5.46. The second-order valence-corrected chi connectivity index (χ2v) is 8.26. The molecule has 1 aromatic rings. The van der Waals surface area contributed by atoms with Crippen LogP contribution in [0.15, 0.2) is 24.3 Å². The van der Waals surface area contributed by atoms with Crippen molar-refractivity contribution >= 4 is 17.7 Å². The molecule has 0 radical (unpaired) electrons. The van der Waals surface area contributed by atoms with Gasteiger partial charge in [0.2, 0.25) is 11.8 Å². The van der Waals surface area contributed by atoms with Crippen LogP contribution in [0.3, 0.4) is 0 Å². The van der Waals surface area contributed by atoms with Gasteiger partial charge in [-0.25, -0.2) is 0 Å². The highest BCUT2D eigenvalue weighted by Gasteiger charge is 2.48. The zero-order chi connectivity index (χ0) is 21.5. The standard InChI is InChI=1S/C21H24F3N3O3/c22-21(23,24)15-7-3-4-8-16(15)26-17(28)11-25-19(29)18-13-5-1-2-6-14(13)20(30)27(18)12-9-10-12/h1-2,5-6,12,15-16,18H,3-4,7-11H2,(H,25,29)(H,26,28). The number of carbonyl (C=O) groups excluding carboxylic acids is 3. The van der Waals surface area contributed by atoms with E-state index in [1.807, 2.05) is 0 Å². The SMILES string of the molecule is O=C(CNC(=O)C1c2ccccc2C(=O)N1C1CC1)NC1CCCCC1C(F)(F)F. The molecular formula is C21H24F3N3O3. The summed E-state index contributed by atoms with van der Waals surface area (Å²) in [5.74, 6) is -2.91. The third-order valence-corrected chi connectivity index (χ3v) is 6.14. The van der Waals surface area contributed by atoms with Crippen LogP contribution < -0.4 is 10.6 Å². The molecule has 2 N–H and O–H groups in total. The number of fused-ring (bicyclic) bond motifs is 1. The molecule has 2 saturated carbocycles. The van der Waals surface area contributed by atoms with Crippen molar-refractivity contribution in [2.75, 3.05) is 6.54 Å². The normalized spacial score (nSPS) is 26.3. The second kappa shape index (κ2) is 7.92. The van der Waals surface area contributed by atoms with Gasteiger partial charge in [-0.3, -0.25) is 14.4 Å². The van der Waals surface area contributed by atoms with Gasteiger partial charge in [-0.05, 0) is 37.3 Å². The number of amides is 3. The Morgan fingerprint density at radius 3 is 2.47 bits per heavy atom. The molecule has 30 heavy (non-hydrogen) atoms. The zero-order valence-electron chi connectivity index (χ0n) is 16.4. The molecule has 3 unspecified atom stereocenters. The Balaban J connectivity index is 1.39. The van der Waals surface area contributed by atoms with Gasteiger partial charge >= 0.3 is 6.18 Å². The van der Waals surface area contributed by atoms with Crippen LogP contribution in [0, 0.1) is 5.92 Å². The van der Waals surface area contributed by atoms with Gasteiger partial charge in [0.15, 0.2) is 0 Å². The number of benzene rings is 1. The molecule has 0 spiro atoms. The Bertz CT molecular complexity index is 853. The summed E-state index contributed by atoms with van der Waals surface area (Å²) < 4.78 is 39.6. The molecule has 3 amide bonds. The van der Waals surface area contributed by atoms with Crippen LogP contribution in [0.2, 0.25) is 0 Å². The highest BCUT2D eigenvalue weighted by molar-refractivity contribution is 6.05. The highest BCUT2D eigenvalue weighted by atomic mass is 19.4. The van der Waals surface area contributed by atoms with Gasteiger partial charge < -0.3 is 15.5 Å². The molecule has 0 bridgehead atoms. The van der Waals surface area contributed by atoms with E-state index in [1.54, 1.807) is 29.2 Å². The molecule has 0 saturated heterocycles. The molecule has 9 heteroatoms. The van der Waals surface area contributed by atoms with Gasteiger partial charge in [0.1, 0.15) is 6.04 Å². The predicted molar refractivity (Wildman–Crippen MR) is 101 cm³/mol. The smallest absolute Gasteiger partial charge is 0.351 e. The number of alkyl halides is 3. The number of rotatable bonds is 5. The lowest BCUT2D eigenvalue weighted by Crippen LogP contribution is -2.51. The number of nitrogens with zero attached hydrogens (tertiary/aromatic N) is 1. The van der Waals surface area contributed by atoms with E-state index in [4.69, 9.17) is 0 Å². The van der Waals surface area contributed by atoms with Gasteiger partial charge in [-0.1, -0.05) is 31.0 Å². The maximum atomic E-state index is 13.2. The third-order valence-electron chi connectivity index (χ3n) is 6.14. The van der Waals surface area contributed by atoms with Crippen LogP contribution in [-0.2, 0) is 9.59 Å². The van der Waals surface area contributed by atoms with E-state index in [2.05, 4.69) is 10.6 Å². The topological polar surface area (TPSA) is 78.5 Å². The van der Waals surface area contributed by atoms with E-state index in [0.29, 0.717) is 24.0 Å². The van der Waals surface area contributed by atoms with Gasteiger partial charge in [0.05, 0.1) is 12.5 Å². The molecule has 1 aromatic carbocycles. The van der Waals surface area contributed by atoms with Crippen LogP contribution in [0.4, 0.5) is 13.2 Å². The van der Waals surface area contributed by atoms with Crippen molar-refractivity contribution < 1.29 is 27.6 Å². The number of hydrogen-bond donors (Lipinski definition) is 2. The summed E-state index contributed by atoms with van der Waals surface area (Å²) in [5, 5.41) is 4.96. The predicted octanol–water partition coefficient (Wildman–Crippen LogP) is 2.70. The summed E-state index contributed by atoms with van der Waals surface area (Å²) in [6.07, 6.45) is -1.34. The van der Waals surface area contributed by atoms with Crippen molar-refractivity contribution in [2.45, 2.75) is 62.8 Å². The first-order chi connectivity index (χ1) is 14.3.